The molecule has 1 aromatic rings. The first-order valence-electron chi connectivity index (χ1n) is 4.50. The number of hydrogen-bond donors (Lipinski definition) is 0. The molecule has 0 amide bonds. The lowest BCUT2D eigenvalue weighted by molar-refractivity contribution is 0.340. The van der Waals surface area contributed by atoms with Crippen LogP contribution < -0.4 is 0 Å². The number of rotatable bonds is 1. The molecule has 1 heterocycles. The molecule has 14 heavy (non-hydrogen) atoms. The zero-order valence-corrected chi connectivity index (χ0v) is 8.75. The summed E-state index contributed by atoms with van der Waals surface area (Å²) in [5, 5.41) is 0. The fourth-order valence-electron chi connectivity index (χ4n) is 1.56. The molecule has 2 rings (SSSR count). The summed E-state index contributed by atoms with van der Waals surface area (Å²) in [6, 6.07) is 7.90. The van der Waals surface area contributed by atoms with Gasteiger partial charge in [-0.1, -0.05) is 29.8 Å². The van der Waals surface area contributed by atoms with Crippen LogP contribution in [0.4, 0.5) is 0 Å². The van der Waals surface area contributed by atoms with Crippen molar-refractivity contribution in [2.75, 3.05) is 12.4 Å². The summed E-state index contributed by atoms with van der Waals surface area (Å²) >= 11 is 0. The van der Waals surface area contributed by atoms with Gasteiger partial charge in [-0.25, -0.2) is 0 Å². The Morgan fingerprint density at radius 1 is 1.29 bits per heavy atom. The Labute approximate surface area is 83.8 Å². The van der Waals surface area contributed by atoms with Gasteiger partial charge in [0.15, 0.2) is 0 Å². The first-order valence-corrected chi connectivity index (χ1v) is 6.08. The highest BCUT2D eigenvalue weighted by molar-refractivity contribution is 7.87. The van der Waals surface area contributed by atoms with Gasteiger partial charge in [-0.2, -0.15) is 8.42 Å². The Morgan fingerprint density at radius 3 is 2.43 bits per heavy atom. The van der Waals surface area contributed by atoms with Crippen molar-refractivity contribution in [2.45, 2.75) is 12.8 Å². The van der Waals surface area contributed by atoms with Crippen molar-refractivity contribution < 1.29 is 12.6 Å². The minimum absolute atomic E-state index is 0.000556. The Kier molecular flexibility index (Phi) is 2.33. The van der Waals surface area contributed by atoms with Crippen molar-refractivity contribution in [1.29, 1.82) is 0 Å². The molecular formula is C10H12O3S. The molecule has 0 radical (unpaired) electrons. The van der Waals surface area contributed by atoms with Crippen LogP contribution in [0, 0.1) is 6.92 Å². The van der Waals surface area contributed by atoms with E-state index < -0.39 is 10.1 Å². The highest BCUT2D eigenvalue weighted by Gasteiger charge is 2.29. The van der Waals surface area contributed by atoms with E-state index in [1.54, 1.807) is 0 Å². The van der Waals surface area contributed by atoms with Crippen molar-refractivity contribution in [3.8, 4) is 0 Å². The van der Waals surface area contributed by atoms with Crippen molar-refractivity contribution >= 4 is 10.1 Å². The molecule has 1 saturated heterocycles. The second kappa shape index (κ2) is 3.37. The van der Waals surface area contributed by atoms with Gasteiger partial charge in [-0.05, 0) is 12.5 Å². The standard InChI is InChI=1S/C10H12O3S/c1-8-2-4-9(5-3-8)10-6-13-14(11,12)7-10/h2-5,10H,6-7H2,1H3/t10-/m0/s1. The largest absolute Gasteiger partial charge is 0.269 e. The van der Waals surface area contributed by atoms with Crippen molar-refractivity contribution in [1.82, 2.24) is 0 Å². The summed E-state index contributed by atoms with van der Waals surface area (Å²) in [6.07, 6.45) is 0. The van der Waals surface area contributed by atoms with Gasteiger partial charge in [0.25, 0.3) is 10.1 Å². The molecule has 0 bridgehead atoms. The van der Waals surface area contributed by atoms with Gasteiger partial charge in [-0.15, -0.1) is 0 Å². The first-order chi connectivity index (χ1) is 6.57. The molecule has 0 N–H and O–H groups in total. The van der Waals surface area contributed by atoms with Crippen LogP contribution in [-0.2, 0) is 14.3 Å². The third kappa shape index (κ3) is 1.96. The lowest BCUT2D eigenvalue weighted by Crippen LogP contribution is -2.03. The van der Waals surface area contributed by atoms with Gasteiger partial charge in [0, 0.05) is 5.92 Å². The summed E-state index contributed by atoms with van der Waals surface area (Å²) in [4.78, 5) is 0. The molecule has 1 aromatic carbocycles. The fraction of sp³-hybridized carbons (Fsp3) is 0.400. The second-order valence-electron chi connectivity index (χ2n) is 3.62. The Balaban J connectivity index is 2.22. The van der Waals surface area contributed by atoms with Crippen molar-refractivity contribution in [3.63, 3.8) is 0 Å². The van der Waals surface area contributed by atoms with Gasteiger partial charge in [-0.3, -0.25) is 4.18 Å². The molecule has 1 aliphatic rings. The van der Waals surface area contributed by atoms with Gasteiger partial charge in [0.2, 0.25) is 0 Å². The van der Waals surface area contributed by atoms with Crippen LogP contribution >= 0.6 is 0 Å². The van der Waals surface area contributed by atoms with Crippen LogP contribution in [0.2, 0.25) is 0 Å². The van der Waals surface area contributed by atoms with Crippen molar-refractivity contribution in [3.05, 3.63) is 35.4 Å². The smallest absolute Gasteiger partial charge is 0.268 e. The summed E-state index contributed by atoms with van der Waals surface area (Å²) < 4.78 is 26.8. The van der Waals surface area contributed by atoms with E-state index in [1.807, 2.05) is 31.2 Å². The molecule has 0 unspecified atom stereocenters. The number of hydrogen-bond acceptors (Lipinski definition) is 3. The van der Waals surface area contributed by atoms with E-state index in [4.69, 9.17) is 4.18 Å². The monoisotopic (exact) mass is 212 g/mol. The van der Waals surface area contributed by atoms with E-state index in [1.165, 1.54) is 5.56 Å². The van der Waals surface area contributed by atoms with Crippen LogP contribution in [0.25, 0.3) is 0 Å². The maximum Gasteiger partial charge on any atom is 0.268 e. The number of benzene rings is 1. The third-order valence-electron chi connectivity index (χ3n) is 2.40. The van der Waals surface area contributed by atoms with E-state index in [2.05, 4.69) is 0 Å². The van der Waals surface area contributed by atoms with E-state index in [-0.39, 0.29) is 18.3 Å². The topological polar surface area (TPSA) is 43.4 Å². The molecule has 1 aliphatic heterocycles. The Hall–Kier alpha value is -0.870. The zero-order valence-electron chi connectivity index (χ0n) is 7.93. The molecule has 4 heteroatoms. The summed E-state index contributed by atoms with van der Waals surface area (Å²) in [5.41, 5.74) is 2.21. The minimum atomic E-state index is -3.25. The average Bonchev–Trinajstić information content (AvgIpc) is 2.47. The normalized spacial score (nSPS) is 25.1. The summed E-state index contributed by atoms with van der Waals surface area (Å²) in [7, 11) is -3.25. The molecule has 3 nitrogen and oxygen atoms in total. The van der Waals surface area contributed by atoms with E-state index in [0.29, 0.717) is 0 Å². The predicted molar refractivity (Wildman–Crippen MR) is 53.7 cm³/mol. The Morgan fingerprint density at radius 2 is 1.93 bits per heavy atom. The predicted octanol–water partition coefficient (Wildman–Crippen LogP) is 1.44. The maximum atomic E-state index is 11.1. The van der Waals surface area contributed by atoms with Gasteiger partial charge in [0.05, 0.1) is 12.4 Å². The van der Waals surface area contributed by atoms with Crippen molar-refractivity contribution in [2.24, 2.45) is 0 Å². The van der Waals surface area contributed by atoms with E-state index >= 15 is 0 Å². The van der Waals surface area contributed by atoms with Crippen LogP contribution in [-0.4, -0.2) is 20.8 Å². The molecule has 0 spiro atoms. The second-order valence-corrected chi connectivity index (χ2v) is 5.30. The molecule has 0 saturated carbocycles. The quantitative estimate of drug-likeness (QED) is 0.661. The third-order valence-corrected chi connectivity index (χ3v) is 3.71. The Bertz CT molecular complexity index is 419. The molecule has 0 aliphatic carbocycles. The van der Waals surface area contributed by atoms with Gasteiger partial charge < -0.3 is 0 Å². The SMILES string of the molecule is Cc1ccc([C@H]2COS(=O)(=O)C2)cc1. The highest BCUT2D eigenvalue weighted by Crippen LogP contribution is 2.25. The van der Waals surface area contributed by atoms with E-state index in [0.717, 1.165) is 5.56 Å². The average molecular weight is 212 g/mol. The van der Waals surface area contributed by atoms with Gasteiger partial charge in [0.1, 0.15) is 0 Å². The van der Waals surface area contributed by atoms with Crippen LogP contribution in [0.15, 0.2) is 24.3 Å². The molecule has 0 aromatic heterocycles. The molecule has 76 valence electrons. The first kappa shape index (κ1) is 9.68. The lowest BCUT2D eigenvalue weighted by Gasteiger charge is -2.05. The zero-order chi connectivity index (χ0) is 10.2. The van der Waals surface area contributed by atoms with E-state index in [9.17, 15) is 8.42 Å². The maximum absolute atomic E-state index is 11.1. The minimum Gasteiger partial charge on any atom is -0.269 e. The van der Waals surface area contributed by atoms with Crippen LogP contribution in [0.5, 0.6) is 0 Å². The molecule has 1 atom stereocenters. The highest BCUT2D eigenvalue weighted by atomic mass is 32.2. The number of aryl methyl sites for hydroxylation is 1. The van der Waals surface area contributed by atoms with Gasteiger partial charge >= 0.3 is 0 Å². The van der Waals surface area contributed by atoms with Crippen LogP contribution in [0.3, 0.4) is 0 Å². The summed E-state index contributed by atoms with van der Waals surface area (Å²) in [6.45, 7) is 2.29. The fourth-order valence-corrected chi connectivity index (χ4v) is 2.81. The molecule has 1 fully saturated rings. The molecular weight excluding hydrogens is 200 g/mol. The van der Waals surface area contributed by atoms with Crippen LogP contribution in [0.1, 0.15) is 17.0 Å². The summed E-state index contributed by atoms with van der Waals surface area (Å²) in [5.74, 6) is 0.108. The lowest BCUT2D eigenvalue weighted by atomic mass is 10.0.